The van der Waals surface area contributed by atoms with Crippen molar-refractivity contribution in [2.45, 2.75) is 43.8 Å². The van der Waals surface area contributed by atoms with Crippen LogP contribution in [0.1, 0.15) is 36.3 Å². The fourth-order valence-corrected chi connectivity index (χ4v) is 4.31. The van der Waals surface area contributed by atoms with Gasteiger partial charge in [0.05, 0.1) is 5.41 Å². The van der Waals surface area contributed by atoms with E-state index in [9.17, 15) is 23.1 Å². The largest absolute Gasteiger partial charge is 0.508 e. The quantitative estimate of drug-likeness (QED) is 0.565. The Balaban J connectivity index is 1.69. The maximum atomic E-state index is 13.8. The predicted octanol–water partition coefficient (Wildman–Crippen LogP) is 4.55. The Kier molecular flexibility index (Phi) is 7.35. The summed E-state index contributed by atoms with van der Waals surface area (Å²) in [5.74, 6) is -1.34. The molecule has 1 heterocycles. The van der Waals surface area contributed by atoms with Crippen molar-refractivity contribution in [3.8, 4) is 5.75 Å². The standard InChI is InChI=1S/C23H27ClF3N3O2/c1-30(2)17(10-15-5-6-18(31)11-20(15)24)14-29-21(32)12-19(16-4-3-9-28-13-16)22(7-8-22)23(25,26)27/h3-6,9,11,13,17,19,31H,7-8,10,12,14H2,1-2H3,(H,29,32)/t17-,19+/m0/s1. The highest BCUT2D eigenvalue weighted by molar-refractivity contribution is 6.31. The van der Waals surface area contributed by atoms with Crippen LogP contribution < -0.4 is 5.32 Å². The Hall–Kier alpha value is -2.32. The van der Waals surface area contributed by atoms with Gasteiger partial charge in [-0.15, -0.1) is 0 Å². The number of aromatic nitrogens is 1. The Bertz CT molecular complexity index is 934. The number of amides is 1. The Morgan fingerprint density at radius 2 is 2.03 bits per heavy atom. The fourth-order valence-electron chi connectivity index (χ4n) is 4.06. The second-order valence-corrected chi connectivity index (χ2v) is 9.01. The van der Waals surface area contributed by atoms with Gasteiger partial charge in [-0.25, -0.2) is 0 Å². The average Bonchev–Trinajstić information content (AvgIpc) is 3.53. The van der Waals surface area contributed by atoms with Gasteiger partial charge < -0.3 is 15.3 Å². The maximum Gasteiger partial charge on any atom is 0.395 e. The van der Waals surface area contributed by atoms with E-state index in [0.29, 0.717) is 17.0 Å². The summed E-state index contributed by atoms with van der Waals surface area (Å²) in [5, 5.41) is 12.7. The minimum Gasteiger partial charge on any atom is -0.508 e. The zero-order valence-corrected chi connectivity index (χ0v) is 18.7. The van der Waals surface area contributed by atoms with Crippen molar-refractivity contribution < 1.29 is 23.1 Å². The van der Waals surface area contributed by atoms with Gasteiger partial charge in [0, 0.05) is 42.3 Å². The van der Waals surface area contributed by atoms with Crippen LogP contribution in [0.25, 0.3) is 0 Å². The van der Waals surface area contributed by atoms with Crippen molar-refractivity contribution in [3.05, 3.63) is 58.9 Å². The lowest BCUT2D eigenvalue weighted by atomic mass is 9.80. The summed E-state index contributed by atoms with van der Waals surface area (Å²) in [5.41, 5.74) is -0.634. The molecule has 1 aromatic heterocycles. The smallest absolute Gasteiger partial charge is 0.395 e. The number of phenols is 1. The third-order valence-corrected chi connectivity index (χ3v) is 6.61. The lowest BCUT2D eigenvalue weighted by Gasteiger charge is -2.30. The molecule has 3 rings (SSSR count). The maximum absolute atomic E-state index is 13.8. The first-order valence-electron chi connectivity index (χ1n) is 10.4. The van der Waals surface area contributed by atoms with Gasteiger partial charge in [0.15, 0.2) is 0 Å². The second kappa shape index (κ2) is 9.67. The Morgan fingerprint density at radius 1 is 1.31 bits per heavy atom. The molecule has 0 saturated heterocycles. The van der Waals surface area contributed by atoms with Crippen LogP contribution in [0.3, 0.4) is 0 Å². The van der Waals surface area contributed by atoms with Crippen LogP contribution in [0.4, 0.5) is 13.2 Å². The van der Waals surface area contributed by atoms with E-state index in [2.05, 4.69) is 10.3 Å². The number of nitrogens with zero attached hydrogens (tertiary/aromatic N) is 2. The van der Waals surface area contributed by atoms with Gasteiger partial charge in [-0.1, -0.05) is 23.7 Å². The lowest BCUT2D eigenvalue weighted by Crippen LogP contribution is -2.42. The minimum absolute atomic E-state index is 0.0169. The minimum atomic E-state index is -4.38. The molecule has 2 aromatic rings. The van der Waals surface area contributed by atoms with Crippen molar-refractivity contribution in [1.29, 1.82) is 0 Å². The van der Waals surface area contributed by atoms with E-state index in [0.717, 1.165) is 5.56 Å². The number of benzene rings is 1. The first-order chi connectivity index (χ1) is 15.0. The number of aromatic hydroxyl groups is 1. The number of carbonyl (C=O) groups is 1. The number of alkyl halides is 3. The van der Waals surface area contributed by atoms with Gasteiger partial charge in [0.1, 0.15) is 5.75 Å². The van der Waals surface area contributed by atoms with Crippen LogP contribution in [0, 0.1) is 5.41 Å². The van der Waals surface area contributed by atoms with Gasteiger partial charge in [-0.2, -0.15) is 13.2 Å². The van der Waals surface area contributed by atoms with Crippen molar-refractivity contribution >= 4 is 17.5 Å². The van der Waals surface area contributed by atoms with Crippen LogP contribution in [-0.4, -0.2) is 53.8 Å². The molecular formula is C23H27ClF3N3O2. The Morgan fingerprint density at radius 3 is 2.56 bits per heavy atom. The van der Waals surface area contributed by atoms with E-state index in [1.807, 2.05) is 19.0 Å². The number of phenolic OH excluding ortho intramolecular Hbond substituents is 1. The molecule has 2 N–H and O–H groups in total. The molecule has 0 spiro atoms. The summed E-state index contributed by atoms with van der Waals surface area (Å²) in [6.07, 6.45) is -1.18. The molecule has 9 heteroatoms. The first kappa shape index (κ1) is 24.3. The number of halogens is 4. The third kappa shape index (κ3) is 5.53. The molecule has 1 saturated carbocycles. The molecule has 1 amide bonds. The molecule has 2 atom stereocenters. The molecule has 5 nitrogen and oxygen atoms in total. The molecule has 174 valence electrons. The number of carbonyl (C=O) groups excluding carboxylic acids is 1. The van der Waals surface area contributed by atoms with Gasteiger partial charge in [0.25, 0.3) is 0 Å². The van der Waals surface area contributed by atoms with E-state index in [4.69, 9.17) is 11.6 Å². The normalized spacial score (nSPS) is 17.1. The molecule has 0 aliphatic heterocycles. The highest BCUT2D eigenvalue weighted by Crippen LogP contribution is 2.66. The zero-order chi connectivity index (χ0) is 23.5. The summed E-state index contributed by atoms with van der Waals surface area (Å²) < 4.78 is 41.5. The molecule has 0 bridgehead atoms. The molecule has 1 aliphatic carbocycles. The number of hydrogen-bond acceptors (Lipinski definition) is 4. The monoisotopic (exact) mass is 469 g/mol. The number of pyridine rings is 1. The Labute approximate surface area is 190 Å². The van der Waals surface area contributed by atoms with Crippen LogP contribution in [0.5, 0.6) is 5.75 Å². The predicted molar refractivity (Wildman–Crippen MR) is 117 cm³/mol. The van der Waals surface area contributed by atoms with Crippen LogP contribution >= 0.6 is 11.6 Å². The number of nitrogens with one attached hydrogen (secondary N) is 1. The van der Waals surface area contributed by atoms with Crippen molar-refractivity contribution in [3.63, 3.8) is 0 Å². The summed E-state index contributed by atoms with van der Waals surface area (Å²) in [6, 6.07) is 7.77. The lowest BCUT2D eigenvalue weighted by molar-refractivity contribution is -0.194. The van der Waals surface area contributed by atoms with Gasteiger partial charge in [-0.05, 0) is 62.7 Å². The van der Waals surface area contributed by atoms with Crippen molar-refractivity contribution in [1.82, 2.24) is 15.2 Å². The van der Waals surface area contributed by atoms with E-state index in [1.165, 1.54) is 24.5 Å². The summed E-state index contributed by atoms with van der Waals surface area (Å²) in [7, 11) is 3.71. The van der Waals surface area contributed by atoms with E-state index < -0.39 is 23.4 Å². The zero-order valence-electron chi connectivity index (χ0n) is 18.0. The SMILES string of the molecule is CN(C)[C@H](CNC(=O)C[C@H](c1cccnc1)C1(C(F)(F)F)CC1)Cc1ccc(O)cc1Cl. The number of hydrogen-bond donors (Lipinski definition) is 2. The first-order valence-corrected chi connectivity index (χ1v) is 10.8. The highest BCUT2D eigenvalue weighted by atomic mass is 35.5. The molecule has 0 radical (unpaired) electrons. The van der Waals surface area contributed by atoms with E-state index in [-0.39, 0.29) is 37.6 Å². The number of rotatable bonds is 9. The van der Waals surface area contributed by atoms with Crippen LogP contribution in [-0.2, 0) is 11.2 Å². The van der Waals surface area contributed by atoms with Crippen LogP contribution in [0.15, 0.2) is 42.7 Å². The number of likely N-dealkylation sites (N-methyl/N-ethyl adjacent to an activating group) is 1. The van der Waals surface area contributed by atoms with Gasteiger partial charge in [-0.3, -0.25) is 9.78 Å². The summed E-state index contributed by atoms with van der Waals surface area (Å²) >= 11 is 6.20. The fraction of sp³-hybridized carbons (Fsp3) is 0.478. The molecule has 1 aliphatic rings. The molecule has 1 aromatic carbocycles. The topological polar surface area (TPSA) is 65.5 Å². The summed E-state index contributed by atoms with van der Waals surface area (Å²) in [6.45, 7) is 0.252. The average molecular weight is 470 g/mol. The molecule has 0 unspecified atom stereocenters. The third-order valence-electron chi connectivity index (χ3n) is 6.25. The van der Waals surface area contributed by atoms with E-state index in [1.54, 1.807) is 18.2 Å². The summed E-state index contributed by atoms with van der Waals surface area (Å²) in [4.78, 5) is 18.6. The molecular weight excluding hydrogens is 443 g/mol. The van der Waals surface area contributed by atoms with E-state index >= 15 is 0 Å². The van der Waals surface area contributed by atoms with Crippen molar-refractivity contribution in [2.24, 2.45) is 5.41 Å². The van der Waals surface area contributed by atoms with Gasteiger partial charge >= 0.3 is 6.18 Å². The van der Waals surface area contributed by atoms with Gasteiger partial charge in [0.2, 0.25) is 5.91 Å². The second-order valence-electron chi connectivity index (χ2n) is 8.60. The van der Waals surface area contributed by atoms with Crippen molar-refractivity contribution in [2.75, 3.05) is 20.6 Å². The molecule has 32 heavy (non-hydrogen) atoms. The molecule has 1 fully saturated rings. The van der Waals surface area contributed by atoms with Crippen LogP contribution in [0.2, 0.25) is 5.02 Å². The highest BCUT2D eigenvalue weighted by Gasteiger charge is 2.67.